The third-order valence-electron chi connectivity index (χ3n) is 3.06. The molecule has 0 aliphatic carbocycles. The van der Waals surface area contributed by atoms with Crippen molar-refractivity contribution in [2.24, 2.45) is 0 Å². The Morgan fingerprint density at radius 1 is 1.11 bits per heavy atom. The molecule has 0 aliphatic rings. The van der Waals surface area contributed by atoms with Crippen molar-refractivity contribution in [3.8, 4) is 0 Å². The molecule has 3 rings (SSSR count). The van der Waals surface area contributed by atoms with Crippen LogP contribution in [0.1, 0.15) is 5.56 Å². The minimum atomic E-state index is -0.0157. The largest absolute Gasteiger partial charge is 0.310 e. The molecule has 0 atom stereocenters. The average molecular weight is 271 g/mol. The number of hydrogen-bond acceptors (Lipinski definition) is 2. The normalized spacial score (nSPS) is 10.8. The Hall–Kier alpha value is -2.13. The molecule has 0 unspecified atom stereocenters. The monoisotopic (exact) mass is 270 g/mol. The zero-order chi connectivity index (χ0) is 13.2. The number of fused-ring (bicyclic) bond motifs is 1. The lowest BCUT2D eigenvalue weighted by atomic mass is 10.2. The number of rotatable bonds is 2. The van der Waals surface area contributed by atoms with Crippen LogP contribution in [-0.4, -0.2) is 9.55 Å². The SMILES string of the molecule is O=c1c2ccccc2ccn1Cc1cccnc1Cl. The summed E-state index contributed by atoms with van der Waals surface area (Å²) in [5.41, 5.74) is 0.819. The number of aromatic nitrogens is 2. The van der Waals surface area contributed by atoms with Crippen LogP contribution in [0.3, 0.4) is 0 Å². The van der Waals surface area contributed by atoms with Crippen LogP contribution in [0.2, 0.25) is 5.15 Å². The molecular formula is C15H11ClN2O. The Balaban J connectivity index is 2.10. The van der Waals surface area contributed by atoms with E-state index in [0.29, 0.717) is 17.1 Å². The van der Waals surface area contributed by atoms with Crippen LogP contribution in [0.5, 0.6) is 0 Å². The van der Waals surface area contributed by atoms with Crippen molar-refractivity contribution in [2.45, 2.75) is 6.54 Å². The standard InChI is InChI=1S/C15H11ClN2O/c16-14-12(5-3-8-17-14)10-18-9-7-11-4-1-2-6-13(11)15(18)19/h1-9H,10H2. The molecule has 3 aromatic rings. The molecule has 0 bridgehead atoms. The van der Waals surface area contributed by atoms with Crippen molar-refractivity contribution in [3.63, 3.8) is 0 Å². The Bertz CT molecular complexity index is 795. The van der Waals surface area contributed by atoms with Gasteiger partial charge in [0.15, 0.2) is 0 Å². The molecule has 0 aliphatic heterocycles. The highest BCUT2D eigenvalue weighted by atomic mass is 35.5. The summed E-state index contributed by atoms with van der Waals surface area (Å²) in [4.78, 5) is 16.4. The quantitative estimate of drug-likeness (QED) is 0.671. The van der Waals surface area contributed by atoms with Gasteiger partial charge in [-0.2, -0.15) is 0 Å². The maximum atomic E-state index is 12.3. The summed E-state index contributed by atoms with van der Waals surface area (Å²) in [6, 6.07) is 13.2. The highest BCUT2D eigenvalue weighted by Gasteiger charge is 2.05. The summed E-state index contributed by atoms with van der Waals surface area (Å²) in [6.07, 6.45) is 3.42. The zero-order valence-electron chi connectivity index (χ0n) is 10.1. The fraction of sp³-hybridized carbons (Fsp3) is 0.0667. The van der Waals surface area contributed by atoms with E-state index in [1.165, 1.54) is 0 Å². The Kier molecular flexibility index (Phi) is 3.05. The first-order valence-corrected chi connectivity index (χ1v) is 6.31. The van der Waals surface area contributed by atoms with Crippen LogP contribution in [0, 0.1) is 0 Å². The van der Waals surface area contributed by atoms with Crippen molar-refractivity contribution in [2.75, 3.05) is 0 Å². The molecule has 1 aromatic carbocycles. The predicted octanol–water partition coefficient (Wildman–Crippen LogP) is 3.10. The second kappa shape index (κ2) is 4.86. The lowest BCUT2D eigenvalue weighted by molar-refractivity contribution is 0.765. The molecule has 0 spiro atoms. The van der Waals surface area contributed by atoms with Gasteiger partial charge in [0.25, 0.3) is 5.56 Å². The van der Waals surface area contributed by atoms with Gasteiger partial charge < -0.3 is 4.57 Å². The third kappa shape index (κ3) is 2.25. The van der Waals surface area contributed by atoms with Gasteiger partial charge in [-0.3, -0.25) is 4.79 Å². The molecule has 19 heavy (non-hydrogen) atoms. The molecule has 2 heterocycles. The average Bonchev–Trinajstić information content (AvgIpc) is 2.44. The van der Waals surface area contributed by atoms with Gasteiger partial charge in [-0.25, -0.2) is 4.98 Å². The van der Waals surface area contributed by atoms with E-state index in [1.807, 2.05) is 42.5 Å². The zero-order valence-corrected chi connectivity index (χ0v) is 10.8. The molecular weight excluding hydrogens is 260 g/mol. The molecule has 94 valence electrons. The minimum Gasteiger partial charge on any atom is -0.310 e. The first kappa shape index (κ1) is 11.9. The third-order valence-corrected chi connectivity index (χ3v) is 3.40. The molecule has 3 nitrogen and oxygen atoms in total. The van der Waals surface area contributed by atoms with E-state index < -0.39 is 0 Å². The van der Waals surface area contributed by atoms with Gasteiger partial charge in [0.05, 0.1) is 6.54 Å². The maximum absolute atomic E-state index is 12.3. The van der Waals surface area contributed by atoms with Gasteiger partial charge in [0.2, 0.25) is 0 Å². The van der Waals surface area contributed by atoms with E-state index >= 15 is 0 Å². The van der Waals surface area contributed by atoms with Gasteiger partial charge in [-0.15, -0.1) is 0 Å². The van der Waals surface area contributed by atoms with Crippen LogP contribution in [-0.2, 0) is 6.54 Å². The topological polar surface area (TPSA) is 34.9 Å². The van der Waals surface area contributed by atoms with Gasteiger partial charge >= 0.3 is 0 Å². The molecule has 0 saturated heterocycles. The highest BCUT2D eigenvalue weighted by molar-refractivity contribution is 6.30. The molecule has 2 aromatic heterocycles. The second-order valence-corrected chi connectivity index (χ2v) is 4.65. The Morgan fingerprint density at radius 3 is 2.79 bits per heavy atom. The van der Waals surface area contributed by atoms with Crippen LogP contribution < -0.4 is 5.56 Å². The summed E-state index contributed by atoms with van der Waals surface area (Å²) in [7, 11) is 0. The highest BCUT2D eigenvalue weighted by Crippen LogP contribution is 2.14. The van der Waals surface area contributed by atoms with E-state index in [1.54, 1.807) is 17.0 Å². The summed E-state index contributed by atoms with van der Waals surface area (Å²) in [5, 5.41) is 2.09. The molecule has 0 amide bonds. The second-order valence-electron chi connectivity index (χ2n) is 4.29. The van der Waals surface area contributed by atoms with Crippen molar-refractivity contribution in [3.05, 3.63) is 75.9 Å². The maximum Gasteiger partial charge on any atom is 0.258 e. The summed E-state index contributed by atoms with van der Waals surface area (Å²) in [5.74, 6) is 0. The van der Waals surface area contributed by atoms with Crippen molar-refractivity contribution >= 4 is 22.4 Å². The van der Waals surface area contributed by atoms with E-state index in [0.717, 1.165) is 10.9 Å². The Labute approximate surface area is 115 Å². The van der Waals surface area contributed by atoms with Gasteiger partial charge in [-0.05, 0) is 23.6 Å². The summed E-state index contributed by atoms with van der Waals surface area (Å²) < 4.78 is 1.64. The first-order valence-electron chi connectivity index (χ1n) is 5.93. The van der Waals surface area contributed by atoms with Crippen LogP contribution in [0.15, 0.2) is 59.7 Å². The molecule has 0 saturated carbocycles. The predicted molar refractivity (Wildman–Crippen MR) is 76.6 cm³/mol. The lowest BCUT2D eigenvalue weighted by Gasteiger charge is -2.08. The van der Waals surface area contributed by atoms with Gasteiger partial charge in [0.1, 0.15) is 5.15 Å². The van der Waals surface area contributed by atoms with Gasteiger partial charge in [-0.1, -0.05) is 35.9 Å². The number of halogens is 1. The number of hydrogen-bond donors (Lipinski definition) is 0. The molecule has 0 N–H and O–H groups in total. The number of nitrogens with zero attached hydrogens (tertiary/aromatic N) is 2. The Morgan fingerprint density at radius 2 is 1.95 bits per heavy atom. The molecule has 0 fully saturated rings. The van der Waals surface area contributed by atoms with Gasteiger partial charge in [0, 0.05) is 23.3 Å². The summed E-state index contributed by atoms with van der Waals surface area (Å²) >= 11 is 6.02. The number of pyridine rings is 2. The fourth-order valence-electron chi connectivity index (χ4n) is 2.08. The van der Waals surface area contributed by atoms with Crippen molar-refractivity contribution in [1.29, 1.82) is 0 Å². The smallest absolute Gasteiger partial charge is 0.258 e. The minimum absolute atomic E-state index is 0.0157. The van der Waals surface area contributed by atoms with Crippen LogP contribution in [0.4, 0.5) is 0 Å². The van der Waals surface area contributed by atoms with Crippen molar-refractivity contribution in [1.82, 2.24) is 9.55 Å². The van der Waals surface area contributed by atoms with Crippen LogP contribution in [0.25, 0.3) is 10.8 Å². The van der Waals surface area contributed by atoms with E-state index in [4.69, 9.17) is 11.6 Å². The summed E-state index contributed by atoms with van der Waals surface area (Å²) in [6.45, 7) is 0.427. The molecule has 0 radical (unpaired) electrons. The van der Waals surface area contributed by atoms with Crippen molar-refractivity contribution < 1.29 is 0 Å². The van der Waals surface area contributed by atoms with E-state index in [-0.39, 0.29) is 5.56 Å². The number of benzene rings is 1. The fourth-order valence-corrected chi connectivity index (χ4v) is 2.25. The van der Waals surface area contributed by atoms with E-state index in [2.05, 4.69) is 4.98 Å². The first-order chi connectivity index (χ1) is 9.25. The lowest BCUT2D eigenvalue weighted by Crippen LogP contribution is -2.20. The molecule has 4 heteroatoms. The van der Waals surface area contributed by atoms with Crippen LogP contribution >= 0.6 is 11.6 Å². The van der Waals surface area contributed by atoms with E-state index in [9.17, 15) is 4.79 Å².